The Morgan fingerprint density at radius 3 is 2.76 bits per heavy atom. The number of benzene rings is 1. The molecule has 0 spiro atoms. The summed E-state index contributed by atoms with van der Waals surface area (Å²) in [5.41, 5.74) is 1.96. The molecule has 0 bridgehead atoms. The number of morpholine rings is 1. The van der Waals surface area contributed by atoms with Gasteiger partial charge in [0.2, 0.25) is 0 Å². The minimum atomic E-state index is 0.148. The highest BCUT2D eigenvalue weighted by Crippen LogP contribution is 2.27. The van der Waals surface area contributed by atoms with Gasteiger partial charge in [-0.15, -0.1) is 0 Å². The van der Waals surface area contributed by atoms with E-state index in [1.54, 1.807) is 19.5 Å². The van der Waals surface area contributed by atoms with Gasteiger partial charge in [0.15, 0.2) is 11.6 Å². The molecule has 6 heteroatoms. The van der Waals surface area contributed by atoms with E-state index < -0.39 is 0 Å². The van der Waals surface area contributed by atoms with E-state index in [0.717, 1.165) is 24.3 Å². The summed E-state index contributed by atoms with van der Waals surface area (Å²) >= 11 is 6.23. The zero-order valence-electron chi connectivity index (χ0n) is 11.7. The van der Waals surface area contributed by atoms with Crippen LogP contribution in [0.15, 0.2) is 30.6 Å². The van der Waals surface area contributed by atoms with Gasteiger partial charge >= 0.3 is 0 Å². The summed E-state index contributed by atoms with van der Waals surface area (Å²) in [4.78, 5) is 8.60. The Kier molecular flexibility index (Phi) is 4.34. The number of aromatic nitrogens is 2. The van der Waals surface area contributed by atoms with Gasteiger partial charge in [-0.05, 0) is 23.8 Å². The summed E-state index contributed by atoms with van der Waals surface area (Å²) in [6.45, 7) is 2.22. The van der Waals surface area contributed by atoms with Gasteiger partial charge in [-0.2, -0.15) is 0 Å². The fourth-order valence-electron chi connectivity index (χ4n) is 2.29. The van der Waals surface area contributed by atoms with Crippen LogP contribution in [0.4, 0.5) is 0 Å². The lowest BCUT2D eigenvalue weighted by Crippen LogP contribution is -2.34. The highest BCUT2D eigenvalue weighted by molar-refractivity contribution is 6.30. The third-order valence-electron chi connectivity index (χ3n) is 3.37. The Morgan fingerprint density at radius 1 is 1.29 bits per heavy atom. The summed E-state index contributed by atoms with van der Waals surface area (Å²) in [6, 6.07) is 5.99. The predicted octanol–water partition coefficient (Wildman–Crippen LogP) is 2.47. The molecule has 1 saturated heterocycles. The van der Waals surface area contributed by atoms with Gasteiger partial charge in [-0.1, -0.05) is 11.6 Å². The molecule has 1 aliphatic rings. The molecule has 0 aliphatic carbocycles. The highest BCUT2D eigenvalue weighted by Gasteiger charge is 2.17. The largest absolute Gasteiger partial charge is 0.494 e. The first kappa shape index (κ1) is 14.3. The van der Waals surface area contributed by atoms with Gasteiger partial charge in [0, 0.05) is 17.1 Å². The van der Waals surface area contributed by atoms with Gasteiger partial charge in [0.1, 0.15) is 0 Å². The van der Waals surface area contributed by atoms with Crippen molar-refractivity contribution in [2.45, 2.75) is 6.04 Å². The maximum atomic E-state index is 6.23. The maximum absolute atomic E-state index is 6.23. The SMILES string of the molecule is COc1cnc(-c2cc(Cl)cc(C3COCCN3)c2)nc1. The first-order chi connectivity index (χ1) is 10.3. The molecule has 3 rings (SSSR count). The standard InChI is InChI=1S/C15H16ClN3O2/c1-20-13-7-18-15(19-8-13)11-4-10(5-12(16)6-11)14-9-21-3-2-17-14/h4-8,14,17H,2-3,9H2,1H3. The summed E-state index contributed by atoms with van der Waals surface area (Å²) in [5, 5.41) is 4.08. The number of methoxy groups -OCH3 is 1. The highest BCUT2D eigenvalue weighted by atomic mass is 35.5. The number of nitrogens with one attached hydrogen (secondary N) is 1. The van der Waals surface area contributed by atoms with E-state index in [1.807, 2.05) is 18.2 Å². The van der Waals surface area contributed by atoms with Crippen LogP contribution in [0.5, 0.6) is 5.75 Å². The van der Waals surface area contributed by atoms with Crippen molar-refractivity contribution in [1.29, 1.82) is 0 Å². The van der Waals surface area contributed by atoms with Crippen LogP contribution in [-0.4, -0.2) is 36.8 Å². The number of rotatable bonds is 3. The van der Waals surface area contributed by atoms with E-state index in [2.05, 4.69) is 15.3 Å². The Bertz CT molecular complexity index is 613. The third kappa shape index (κ3) is 3.32. The topological polar surface area (TPSA) is 56.3 Å². The zero-order chi connectivity index (χ0) is 14.7. The number of halogens is 1. The first-order valence-electron chi connectivity index (χ1n) is 6.74. The van der Waals surface area contributed by atoms with Crippen LogP contribution in [-0.2, 0) is 4.74 Å². The second-order valence-electron chi connectivity index (χ2n) is 4.80. The molecule has 0 amide bonds. The van der Waals surface area contributed by atoms with E-state index in [1.165, 1.54) is 0 Å². The van der Waals surface area contributed by atoms with Crippen LogP contribution >= 0.6 is 11.6 Å². The Labute approximate surface area is 128 Å². The van der Waals surface area contributed by atoms with Crippen LogP contribution in [0.25, 0.3) is 11.4 Å². The van der Waals surface area contributed by atoms with Crippen molar-refractivity contribution in [2.24, 2.45) is 0 Å². The van der Waals surface area contributed by atoms with Crippen molar-refractivity contribution in [3.05, 3.63) is 41.2 Å². The van der Waals surface area contributed by atoms with Crippen molar-refractivity contribution in [1.82, 2.24) is 15.3 Å². The average molecular weight is 306 g/mol. The second-order valence-corrected chi connectivity index (χ2v) is 5.24. The van der Waals surface area contributed by atoms with E-state index in [0.29, 0.717) is 23.2 Å². The minimum Gasteiger partial charge on any atom is -0.494 e. The molecule has 1 aliphatic heterocycles. The number of hydrogen-bond donors (Lipinski definition) is 1. The van der Waals surface area contributed by atoms with E-state index in [4.69, 9.17) is 21.1 Å². The van der Waals surface area contributed by atoms with E-state index >= 15 is 0 Å². The van der Waals surface area contributed by atoms with Gasteiger partial charge < -0.3 is 14.8 Å². The van der Waals surface area contributed by atoms with Crippen LogP contribution in [0.2, 0.25) is 5.02 Å². The van der Waals surface area contributed by atoms with Gasteiger partial charge in [-0.25, -0.2) is 9.97 Å². The van der Waals surface area contributed by atoms with Crippen LogP contribution in [0.3, 0.4) is 0 Å². The molecule has 1 N–H and O–H groups in total. The molecule has 21 heavy (non-hydrogen) atoms. The van der Waals surface area contributed by atoms with Crippen molar-refractivity contribution < 1.29 is 9.47 Å². The van der Waals surface area contributed by atoms with Gasteiger partial charge in [0.25, 0.3) is 0 Å². The third-order valence-corrected chi connectivity index (χ3v) is 3.58. The lowest BCUT2D eigenvalue weighted by Gasteiger charge is -2.24. The van der Waals surface area contributed by atoms with E-state index in [9.17, 15) is 0 Å². The van der Waals surface area contributed by atoms with Gasteiger partial charge in [-0.3, -0.25) is 0 Å². The quantitative estimate of drug-likeness (QED) is 0.944. The Hall–Kier alpha value is -1.69. The summed E-state index contributed by atoms with van der Waals surface area (Å²) in [5.74, 6) is 1.25. The number of ether oxygens (including phenoxy) is 2. The number of hydrogen-bond acceptors (Lipinski definition) is 5. The molecule has 2 heterocycles. The van der Waals surface area contributed by atoms with Crippen LogP contribution in [0, 0.1) is 0 Å². The Morgan fingerprint density at radius 2 is 2.10 bits per heavy atom. The van der Waals surface area contributed by atoms with Crippen LogP contribution in [0.1, 0.15) is 11.6 Å². The molecule has 5 nitrogen and oxygen atoms in total. The summed E-state index contributed by atoms with van der Waals surface area (Å²) in [7, 11) is 1.59. The molecule has 1 aromatic carbocycles. The maximum Gasteiger partial charge on any atom is 0.159 e. The Balaban J connectivity index is 1.92. The predicted molar refractivity (Wildman–Crippen MR) is 80.6 cm³/mol. The monoisotopic (exact) mass is 305 g/mol. The zero-order valence-corrected chi connectivity index (χ0v) is 12.4. The summed E-state index contributed by atoms with van der Waals surface area (Å²) in [6.07, 6.45) is 3.29. The smallest absolute Gasteiger partial charge is 0.159 e. The molecule has 0 radical (unpaired) electrons. The molecule has 2 aromatic rings. The molecular formula is C15H16ClN3O2. The molecule has 1 aromatic heterocycles. The normalized spacial score (nSPS) is 18.5. The number of nitrogens with zero attached hydrogens (tertiary/aromatic N) is 2. The van der Waals surface area contributed by atoms with Crippen molar-refractivity contribution >= 4 is 11.6 Å². The molecular weight excluding hydrogens is 290 g/mol. The minimum absolute atomic E-state index is 0.148. The van der Waals surface area contributed by atoms with Gasteiger partial charge in [0.05, 0.1) is 38.8 Å². The van der Waals surface area contributed by atoms with Crippen LogP contribution < -0.4 is 10.1 Å². The molecule has 1 fully saturated rings. The molecule has 1 unspecified atom stereocenters. The first-order valence-corrected chi connectivity index (χ1v) is 7.12. The average Bonchev–Trinajstić information content (AvgIpc) is 2.55. The lowest BCUT2D eigenvalue weighted by molar-refractivity contribution is 0.0769. The fourth-order valence-corrected chi connectivity index (χ4v) is 2.54. The van der Waals surface area contributed by atoms with Crippen molar-refractivity contribution in [3.63, 3.8) is 0 Å². The second kappa shape index (κ2) is 6.39. The molecule has 0 saturated carbocycles. The van der Waals surface area contributed by atoms with E-state index in [-0.39, 0.29) is 6.04 Å². The van der Waals surface area contributed by atoms with Crippen molar-refractivity contribution in [2.75, 3.05) is 26.9 Å². The van der Waals surface area contributed by atoms with Crippen molar-refractivity contribution in [3.8, 4) is 17.1 Å². The summed E-state index contributed by atoms with van der Waals surface area (Å²) < 4.78 is 10.6. The lowest BCUT2D eigenvalue weighted by atomic mass is 10.0. The molecule has 1 atom stereocenters. The molecule has 110 valence electrons. The fraction of sp³-hybridized carbons (Fsp3) is 0.333.